The van der Waals surface area contributed by atoms with Crippen LogP contribution in [-0.4, -0.2) is 197 Å². The lowest BCUT2D eigenvalue weighted by Crippen LogP contribution is -2.62. The summed E-state index contributed by atoms with van der Waals surface area (Å²) in [5.41, 5.74) is 11.3. The van der Waals surface area contributed by atoms with Gasteiger partial charge >= 0.3 is 5.97 Å². The molecule has 1 rings (SSSR count). The first-order chi connectivity index (χ1) is 43.0. The second-order valence-electron chi connectivity index (χ2n) is 22.3. The van der Waals surface area contributed by atoms with Crippen molar-refractivity contribution in [1.29, 1.82) is 0 Å². The van der Waals surface area contributed by atoms with Gasteiger partial charge < -0.3 is 85.1 Å². The van der Waals surface area contributed by atoms with E-state index in [-0.39, 0.29) is 48.0 Å². The minimum absolute atomic E-state index is 0.0413. The van der Waals surface area contributed by atoms with Crippen molar-refractivity contribution < 1.29 is 82.1 Å². The predicted molar refractivity (Wildman–Crippen MR) is 342 cm³/mol. The van der Waals surface area contributed by atoms with E-state index in [0.717, 1.165) is 16.0 Å². The zero-order valence-electron chi connectivity index (χ0n) is 53.3. The average Bonchev–Trinajstić information content (AvgIpc) is 0.861. The van der Waals surface area contributed by atoms with E-state index in [4.69, 9.17) is 11.5 Å². The lowest BCUT2D eigenvalue weighted by atomic mass is 9.85. The number of primary amides is 2. The highest BCUT2D eigenvalue weighted by Crippen LogP contribution is 2.23. The fraction of sp³-hybridized carbons (Fsp3) is 0.542. The molecular formula is C59H90N14O17S2. The number of nitrogens with zero attached hydrogens (tertiary/aromatic N) is 1. The highest BCUT2D eigenvalue weighted by Gasteiger charge is 2.39. The summed E-state index contributed by atoms with van der Waals surface area (Å²) < 4.78 is 0. The number of aliphatic hydroxyl groups is 1. The monoisotopic (exact) mass is 1330 g/mol. The number of thioether (sulfide) groups is 2. The summed E-state index contributed by atoms with van der Waals surface area (Å²) in [5, 5.41) is 45.8. The van der Waals surface area contributed by atoms with Gasteiger partial charge in [0, 0.05) is 56.2 Å². The Kier molecular flexibility index (Phi) is 36.4. The van der Waals surface area contributed by atoms with Gasteiger partial charge in [-0.05, 0) is 55.7 Å². The number of rotatable bonds is 42. The highest BCUT2D eigenvalue weighted by molar-refractivity contribution is 7.98. The zero-order valence-corrected chi connectivity index (χ0v) is 55.0. The number of aliphatic carboxylic acids is 1. The predicted octanol–water partition coefficient (Wildman–Crippen LogP) is -2.44. The van der Waals surface area contributed by atoms with Crippen molar-refractivity contribution in [2.24, 2.45) is 16.9 Å². The van der Waals surface area contributed by atoms with Crippen LogP contribution in [-0.2, 0) is 83.4 Å². The van der Waals surface area contributed by atoms with Crippen LogP contribution < -0.4 is 70.0 Å². The Morgan fingerprint density at radius 2 is 1.12 bits per heavy atom. The number of likely N-dealkylation sites (N-methyl/N-ethyl adjacent to an activating group) is 1. The number of carbonyl (C=O) groups is 15. The maximum absolute atomic E-state index is 14.6. The summed E-state index contributed by atoms with van der Waals surface area (Å²) in [6.45, 7) is 17.0. The number of nitrogens with one attached hydrogen (secondary N) is 11. The van der Waals surface area contributed by atoms with Crippen LogP contribution in [0.5, 0.6) is 0 Å². The van der Waals surface area contributed by atoms with Crippen molar-refractivity contribution in [2.45, 2.75) is 154 Å². The van der Waals surface area contributed by atoms with Crippen LogP contribution in [0.15, 0.2) is 60.9 Å². The van der Waals surface area contributed by atoms with E-state index in [1.165, 1.54) is 70.4 Å². The minimum atomic E-state index is -1.52. The maximum Gasteiger partial charge on any atom is 0.303 e. The highest BCUT2D eigenvalue weighted by atomic mass is 32.2. The van der Waals surface area contributed by atoms with Crippen LogP contribution in [0.1, 0.15) is 105 Å². The average molecular weight is 1330 g/mol. The summed E-state index contributed by atoms with van der Waals surface area (Å²) in [6, 6.07) is -2.90. The molecule has 0 saturated heterocycles. The molecule has 8 atom stereocenters. The first-order valence-electron chi connectivity index (χ1n) is 29.2. The van der Waals surface area contributed by atoms with Gasteiger partial charge in [0.15, 0.2) is 0 Å². The number of amides is 14. The van der Waals surface area contributed by atoms with E-state index in [1.807, 2.05) is 31.2 Å². The number of carbonyl (C=O) groups excluding carboxylic acids is 14. The number of carboxylic acid groups (broad SMARTS) is 1. The second kappa shape index (κ2) is 41.4. The molecule has 0 bridgehead atoms. The molecule has 0 aromatic heterocycles. The van der Waals surface area contributed by atoms with Gasteiger partial charge in [0.05, 0.1) is 26.2 Å². The Hall–Kier alpha value is -9.01. The van der Waals surface area contributed by atoms with Crippen LogP contribution in [0.3, 0.4) is 0 Å². The number of allylic oxidation sites excluding steroid dienone is 2. The molecular weight excluding hydrogens is 1240 g/mol. The number of benzene rings is 1. The van der Waals surface area contributed by atoms with Crippen molar-refractivity contribution in [3.63, 3.8) is 0 Å². The normalized spacial score (nSPS) is 13.6. The van der Waals surface area contributed by atoms with Gasteiger partial charge in [-0.2, -0.15) is 23.5 Å². The fourth-order valence-corrected chi connectivity index (χ4v) is 9.99. The second-order valence-corrected chi connectivity index (χ2v) is 24.3. The maximum atomic E-state index is 14.6. The summed E-state index contributed by atoms with van der Waals surface area (Å²) in [6.07, 6.45) is 1.94. The van der Waals surface area contributed by atoms with E-state index in [2.05, 4.69) is 71.6 Å². The van der Waals surface area contributed by atoms with Crippen molar-refractivity contribution >= 4 is 112 Å². The lowest BCUT2D eigenvalue weighted by Gasteiger charge is -2.34. The van der Waals surface area contributed by atoms with E-state index in [1.54, 1.807) is 20.8 Å². The van der Waals surface area contributed by atoms with Crippen molar-refractivity contribution in [3.05, 3.63) is 72.0 Å². The smallest absolute Gasteiger partial charge is 0.303 e. The molecule has 0 spiro atoms. The van der Waals surface area contributed by atoms with Crippen molar-refractivity contribution in [1.82, 2.24) is 63.4 Å². The number of hydrogen-bond donors (Lipinski definition) is 15. The molecule has 31 nitrogen and oxygen atoms in total. The van der Waals surface area contributed by atoms with E-state index >= 15 is 0 Å². The molecule has 1 aromatic rings. The fourth-order valence-electron chi connectivity index (χ4n) is 7.97. The number of hydrogen-bond acceptors (Lipinski definition) is 18. The van der Waals surface area contributed by atoms with Crippen LogP contribution in [0, 0.1) is 5.41 Å². The molecule has 0 radical (unpaired) electrons. The van der Waals surface area contributed by atoms with Gasteiger partial charge in [-0.15, -0.1) is 0 Å². The summed E-state index contributed by atoms with van der Waals surface area (Å²) >= 11 is 2.67. The Balaban J connectivity index is 3.34. The number of nitrogens with two attached hydrogens (primary N) is 2. The van der Waals surface area contributed by atoms with Crippen molar-refractivity contribution in [2.75, 3.05) is 44.7 Å². The quantitative estimate of drug-likeness (QED) is 0.0239. The molecule has 92 heavy (non-hydrogen) atoms. The Labute approximate surface area is 542 Å². The van der Waals surface area contributed by atoms with Gasteiger partial charge in [0.1, 0.15) is 54.1 Å². The molecule has 1 unspecified atom stereocenters. The summed E-state index contributed by atoms with van der Waals surface area (Å²) in [4.78, 5) is 193. The van der Waals surface area contributed by atoms with E-state index in [0.29, 0.717) is 17.9 Å². The lowest BCUT2D eigenvalue weighted by molar-refractivity contribution is -0.143. The largest absolute Gasteiger partial charge is 0.509 e. The minimum Gasteiger partial charge on any atom is -0.509 e. The first-order valence-corrected chi connectivity index (χ1v) is 31.5. The van der Waals surface area contributed by atoms with E-state index < -0.39 is 176 Å². The Morgan fingerprint density at radius 3 is 1.64 bits per heavy atom. The standard InChI is InChI=1S/C59H90N14O17S2/c1-12-15-45(77)68-42(51(61)83)30-91-28-37-16-14-17-38(23-37)29-92-31-43(71-52(84)34(5)66-36(7)75)56(88)72-50(59(8,9)10)57(89)70-41(22-32(3)18-19-33(4)74)58(90)73(11)35(6)53(85)69-39(13-2)54(86)65-27-48(80)67-40(20-21-49(81)82)55(87)64-26-47(79)63-25-46(78)62-24-44(60)76/h14,16-19,23,34-35,39-43,50,74H,3-4,12-13,15,20-22,24-31H2,1-2,5-11H3,(H2,60,76)(H2,61,83)(H,62,78)(H,63,79)(H,64,87)(H,65,86)(H,66,75)(H,67,80)(H,68,77)(H,69,85)(H,70,89)(H,71,84)(H,72,88)(H,81,82)/b19-18-/t34-,35-,39-,40-,41-,42-,43-,50?/m0/s1. The molecule has 510 valence electrons. The Bertz CT molecular complexity index is 2880. The van der Waals surface area contributed by atoms with Gasteiger partial charge in [0.2, 0.25) is 82.7 Å². The van der Waals surface area contributed by atoms with Gasteiger partial charge in [-0.3, -0.25) is 71.9 Å². The SMILES string of the molecule is C=C(O)/C=C\C(=C)C[C@H](NC(=O)C(NC(=O)[C@H](CSCc1cccc(CSC[C@H](NC(=O)CCC)C(N)=O)c1)NC(=O)[C@H](C)NC(C)=O)C(C)(C)C)C(=O)N(C)[C@@H](C)C(=O)N[C@@H](CC)C(=O)NCC(=O)N[C@@H](CCC(=O)O)C(=O)NCC(=O)NCC(=O)NCC(N)=O. The molecule has 0 heterocycles. The first kappa shape index (κ1) is 81.0. The summed E-state index contributed by atoms with van der Waals surface area (Å²) in [7, 11) is 1.24. The zero-order chi connectivity index (χ0) is 70.0. The molecule has 0 aliphatic carbocycles. The molecule has 0 aliphatic rings. The molecule has 0 aliphatic heterocycles. The third-order valence-corrected chi connectivity index (χ3v) is 15.3. The molecule has 0 saturated carbocycles. The van der Waals surface area contributed by atoms with Gasteiger partial charge in [-0.1, -0.05) is 83.7 Å². The Morgan fingerprint density at radius 1 is 0.598 bits per heavy atom. The molecule has 0 fully saturated rings. The van der Waals surface area contributed by atoms with E-state index in [9.17, 15) is 82.1 Å². The van der Waals surface area contributed by atoms with Crippen molar-refractivity contribution in [3.8, 4) is 0 Å². The molecule has 17 N–H and O–H groups in total. The van der Waals surface area contributed by atoms with Crippen LogP contribution in [0.25, 0.3) is 0 Å². The van der Waals surface area contributed by atoms with Gasteiger partial charge in [-0.25, -0.2) is 0 Å². The number of carboxylic acids is 1. The third-order valence-electron chi connectivity index (χ3n) is 13.1. The van der Waals surface area contributed by atoms with Crippen LogP contribution in [0.4, 0.5) is 0 Å². The summed E-state index contributed by atoms with van der Waals surface area (Å²) in [5.74, 6) is -11.6. The molecule has 14 amide bonds. The topological polar surface area (TPSA) is 484 Å². The third kappa shape index (κ3) is 32.6. The molecule has 33 heteroatoms. The van der Waals surface area contributed by atoms with Gasteiger partial charge in [0.25, 0.3) is 0 Å². The van der Waals surface area contributed by atoms with Crippen LogP contribution >= 0.6 is 23.5 Å². The molecule has 1 aromatic carbocycles. The number of aliphatic hydroxyl groups excluding tert-OH is 1. The van der Waals surface area contributed by atoms with Crippen LogP contribution in [0.2, 0.25) is 0 Å².